The first-order valence-corrected chi connectivity index (χ1v) is 11.7. The van der Waals surface area contributed by atoms with Crippen molar-refractivity contribution < 1.29 is 8.42 Å². The number of hydrogen-bond donors (Lipinski definition) is 2. The number of nitrogens with zero attached hydrogens (tertiary/aromatic N) is 5. The fraction of sp³-hybridized carbons (Fsp3) is 0.526. The van der Waals surface area contributed by atoms with Gasteiger partial charge in [0.2, 0.25) is 11.9 Å². The van der Waals surface area contributed by atoms with E-state index in [0.29, 0.717) is 29.8 Å². The molecule has 2 aliphatic rings. The Balaban J connectivity index is 1.36. The standard InChI is InChI=1S/C19H27N7O2S/c1-14-4-2-3-5-16(14)21-19-23-17(22-18(20)24-19)12-25-7-9-26(10-8-25)15-6-11-29(27,28)13-15/h2-5,15H,6-13H2,1H3,(H3,20,21,22,23,24)/t15-/m0/s1. The lowest BCUT2D eigenvalue weighted by Crippen LogP contribution is -2.50. The third-order valence-electron chi connectivity index (χ3n) is 5.59. The SMILES string of the molecule is Cc1ccccc1Nc1nc(N)nc(CN2CCN([C@H]3CCS(=O)(=O)C3)CC2)n1. The molecular weight excluding hydrogens is 390 g/mol. The fourth-order valence-corrected chi connectivity index (χ4v) is 5.71. The number of aryl methyl sites for hydroxylation is 1. The second kappa shape index (κ2) is 8.21. The quantitative estimate of drug-likeness (QED) is 0.729. The zero-order valence-corrected chi connectivity index (χ0v) is 17.4. The molecular formula is C19H27N7O2S. The molecule has 1 aromatic heterocycles. The molecule has 1 atom stereocenters. The number of piperazine rings is 1. The van der Waals surface area contributed by atoms with Crippen LogP contribution in [0, 0.1) is 6.92 Å². The summed E-state index contributed by atoms with van der Waals surface area (Å²) in [6.07, 6.45) is 0.750. The van der Waals surface area contributed by atoms with Crippen molar-refractivity contribution in [1.82, 2.24) is 24.8 Å². The summed E-state index contributed by atoms with van der Waals surface area (Å²) in [6.45, 7) is 6.02. The van der Waals surface area contributed by atoms with E-state index in [1.54, 1.807) is 0 Å². The van der Waals surface area contributed by atoms with E-state index >= 15 is 0 Å². The molecule has 156 valence electrons. The molecule has 0 radical (unpaired) electrons. The molecule has 2 aromatic rings. The van der Waals surface area contributed by atoms with E-state index in [1.165, 1.54) is 0 Å². The Bertz CT molecular complexity index is 974. The van der Waals surface area contributed by atoms with E-state index < -0.39 is 9.84 Å². The number of nitrogens with two attached hydrogens (primary N) is 1. The Morgan fingerprint density at radius 1 is 1.14 bits per heavy atom. The minimum atomic E-state index is -2.85. The first-order valence-electron chi connectivity index (χ1n) is 9.88. The van der Waals surface area contributed by atoms with Crippen LogP contribution >= 0.6 is 0 Å². The van der Waals surface area contributed by atoms with Gasteiger partial charge in [-0.05, 0) is 25.0 Å². The maximum Gasteiger partial charge on any atom is 0.232 e. The van der Waals surface area contributed by atoms with E-state index in [1.807, 2.05) is 31.2 Å². The lowest BCUT2D eigenvalue weighted by atomic mass is 10.2. The number of anilines is 3. The van der Waals surface area contributed by atoms with Crippen molar-refractivity contribution in [2.75, 3.05) is 48.7 Å². The van der Waals surface area contributed by atoms with Gasteiger partial charge in [0.1, 0.15) is 5.82 Å². The molecule has 0 amide bonds. The largest absolute Gasteiger partial charge is 0.368 e. The highest BCUT2D eigenvalue weighted by molar-refractivity contribution is 7.91. The average Bonchev–Trinajstić information content (AvgIpc) is 3.04. The summed E-state index contributed by atoms with van der Waals surface area (Å²) in [4.78, 5) is 17.6. The lowest BCUT2D eigenvalue weighted by molar-refractivity contribution is 0.0984. The van der Waals surface area contributed by atoms with E-state index in [4.69, 9.17) is 5.73 Å². The van der Waals surface area contributed by atoms with E-state index in [-0.39, 0.29) is 12.0 Å². The number of nitrogen functional groups attached to an aromatic ring is 1. The van der Waals surface area contributed by atoms with Crippen molar-refractivity contribution in [3.63, 3.8) is 0 Å². The van der Waals surface area contributed by atoms with Crippen LogP contribution in [0.2, 0.25) is 0 Å². The number of para-hydroxylation sites is 1. The van der Waals surface area contributed by atoms with Gasteiger partial charge in [0, 0.05) is 37.9 Å². The summed E-state index contributed by atoms with van der Waals surface area (Å²) in [5.41, 5.74) is 7.93. The second-order valence-electron chi connectivity index (χ2n) is 7.74. The molecule has 2 aliphatic heterocycles. The predicted octanol–water partition coefficient (Wildman–Crippen LogP) is 0.811. The predicted molar refractivity (Wildman–Crippen MR) is 113 cm³/mol. The van der Waals surface area contributed by atoms with Gasteiger partial charge < -0.3 is 11.1 Å². The monoisotopic (exact) mass is 417 g/mol. The van der Waals surface area contributed by atoms with Gasteiger partial charge in [-0.15, -0.1) is 0 Å². The average molecular weight is 418 g/mol. The Morgan fingerprint density at radius 3 is 2.59 bits per heavy atom. The summed E-state index contributed by atoms with van der Waals surface area (Å²) in [5.74, 6) is 1.88. The zero-order valence-electron chi connectivity index (χ0n) is 16.6. The fourth-order valence-electron chi connectivity index (χ4n) is 3.95. The summed E-state index contributed by atoms with van der Waals surface area (Å²) < 4.78 is 23.5. The van der Waals surface area contributed by atoms with Crippen LogP contribution in [-0.2, 0) is 16.4 Å². The molecule has 1 aromatic carbocycles. The van der Waals surface area contributed by atoms with Gasteiger partial charge in [-0.1, -0.05) is 18.2 Å². The van der Waals surface area contributed by atoms with E-state index in [0.717, 1.165) is 43.9 Å². The maximum atomic E-state index is 11.7. The van der Waals surface area contributed by atoms with Crippen molar-refractivity contribution >= 4 is 27.4 Å². The second-order valence-corrected chi connectivity index (χ2v) is 9.97. The minimum Gasteiger partial charge on any atom is -0.368 e. The number of sulfone groups is 1. The molecule has 0 aliphatic carbocycles. The highest BCUT2D eigenvalue weighted by Crippen LogP contribution is 2.20. The van der Waals surface area contributed by atoms with Gasteiger partial charge in [0.25, 0.3) is 0 Å². The molecule has 29 heavy (non-hydrogen) atoms. The number of benzene rings is 1. The first kappa shape index (κ1) is 20.0. The Morgan fingerprint density at radius 2 is 1.90 bits per heavy atom. The van der Waals surface area contributed by atoms with Gasteiger partial charge in [-0.25, -0.2) is 8.42 Å². The van der Waals surface area contributed by atoms with Gasteiger partial charge in [-0.2, -0.15) is 15.0 Å². The van der Waals surface area contributed by atoms with Crippen LogP contribution in [0.5, 0.6) is 0 Å². The Hall–Kier alpha value is -2.30. The highest BCUT2D eigenvalue weighted by atomic mass is 32.2. The van der Waals surface area contributed by atoms with Crippen molar-refractivity contribution in [2.24, 2.45) is 0 Å². The van der Waals surface area contributed by atoms with Crippen molar-refractivity contribution in [1.29, 1.82) is 0 Å². The maximum absolute atomic E-state index is 11.7. The third kappa shape index (κ3) is 5.01. The molecule has 9 nitrogen and oxygen atoms in total. The minimum absolute atomic E-state index is 0.167. The molecule has 4 rings (SSSR count). The Kier molecular flexibility index (Phi) is 5.66. The molecule has 0 unspecified atom stereocenters. The van der Waals surface area contributed by atoms with Crippen molar-refractivity contribution in [2.45, 2.75) is 25.9 Å². The van der Waals surface area contributed by atoms with Crippen LogP contribution in [0.1, 0.15) is 17.8 Å². The Labute approximate surface area is 171 Å². The van der Waals surface area contributed by atoms with Crippen LogP contribution in [-0.4, -0.2) is 76.9 Å². The van der Waals surface area contributed by atoms with Gasteiger partial charge >= 0.3 is 0 Å². The van der Waals surface area contributed by atoms with Crippen LogP contribution in [0.3, 0.4) is 0 Å². The molecule has 3 heterocycles. The molecule has 2 saturated heterocycles. The molecule has 0 spiro atoms. The van der Waals surface area contributed by atoms with Crippen LogP contribution in [0.15, 0.2) is 24.3 Å². The third-order valence-corrected chi connectivity index (χ3v) is 7.34. The first-order chi connectivity index (χ1) is 13.9. The van der Waals surface area contributed by atoms with Crippen molar-refractivity contribution in [3.05, 3.63) is 35.7 Å². The van der Waals surface area contributed by atoms with Crippen LogP contribution in [0.4, 0.5) is 17.6 Å². The number of aromatic nitrogens is 3. The zero-order chi connectivity index (χ0) is 20.4. The summed E-state index contributed by atoms with van der Waals surface area (Å²) in [5, 5.41) is 3.22. The smallest absolute Gasteiger partial charge is 0.232 e. The highest BCUT2D eigenvalue weighted by Gasteiger charge is 2.33. The van der Waals surface area contributed by atoms with Gasteiger partial charge in [0.05, 0.1) is 18.1 Å². The van der Waals surface area contributed by atoms with Crippen LogP contribution in [0.25, 0.3) is 0 Å². The molecule has 0 bridgehead atoms. The van der Waals surface area contributed by atoms with E-state index in [2.05, 4.69) is 30.1 Å². The van der Waals surface area contributed by atoms with Gasteiger partial charge in [0.15, 0.2) is 9.84 Å². The number of nitrogens with one attached hydrogen (secondary N) is 1. The lowest BCUT2D eigenvalue weighted by Gasteiger charge is -2.37. The van der Waals surface area contributed by atoms with Crippen LogP contribution < -0.4 is 11.1 Å². The molecule has 0 saturated carbocycles. The number of hydrogen-bond acceptors (Lipinski definition) is 9. The topological polar surface area (TPSA) is 117 Å². The number of rotatable bonds is 5. The van der Waals surface area contributed by atoms with E-state index in [9.17, 15) is 8.42 Å². The normalized spacial score (nSPS) is 22.6. The summed E-state index contributed by atoms with van der Waals surface area (Å²) in [6, 6.07) is 8.09. The molecule has 2 fully saturated rings. The summed E-state index contributed by atoms with van der Waals surface area (Å²) >= 11 is 0. The summed E-state index contributed by atoms with van der Waals surface area (Å²) in [7, 11) is -2.85. The molecule has 3 N–H and O–H groups in total. The van der Waals surface area contributed by atoms with Gasteiger partial charge in [-0.3, -0.25) is 9.80 Å². The molecule has 10 heteroatoms. The van der Waals surface area contributed by atoms with Crippen molar-refractivity contribution in [3.8, 4) is 0 Å².